The van der Waals surface area contributed by atoms with Crippen LogP contribution in [0.2, 0.25) is 0 Å². The summed E-state index contributed by atoms with van der Waals surface area (Å²) in [7, 11) is 0. The van der Waals surface area contributed by atoms with Gasteiger partial charge in [-0.05, 0) is 52.3 Å². The zero-order valence-corrected chi connectivity index (χ0v) is 12.7. The normalized spacial score (nSPS) is 10.6. The van der Waals surface area contributed by atoms with Gasteiger partial charge in [-0.3, -0.25) is 0 Å². The van der Waals surface area contributed by atoms with Crippen LogP contribution in [0.3, 0.4) is 0 Å². The van der Waals surface area contributed by atoms with Crippen molar-refractivity contribution < 1.29 is 0 Å². The van der Waals surface area contributed by atoms with Crippen molar-refractivity contribution in [2.24, 2.45) is 0 Å². The van der Waals surface area contributed by atoms with Crippen LogP contribution in [0.25, 0.3) is 0 Å². The Bertz CT molecular complexity index is 499. The molecule has 0 saturated carbocycles. The lowest BCUT2D eigenvalue weighted by molar-refractivity contribution is 0.726. The van der Waals surface area contributed by atoms with E-state index in [1.807, 2.05) is 6.07 Å². The van der Waals surface area contributed by atoms with Gasteiger partial charge in [-0.15, -0.1) is 0 Å². The van der Waals surface area contributed by atoms with Gasteiger partial charge in [0.05, 0.1) is 0 Å². The molecular weight excluding hydrogens is 306 g/mol. The summed E-state index contributed by atoms with van der Waals surface area (Å²) in [6, 6.07) is 17.0. The highest BCUT2D eigenvalue weighted by Gasteiger charge is 2.03. The number of rotatable bonds is 5. The molecule has 94 valence electrons. The van der Waals surface area contributed by atoms with Crippen molar-refractivity contribution in [3.05, 3.63) is 58.6 Å². The second-order valence-electron chi connectivity index (χ2n) is 3.96. The molecular formula is C15H16BrNS. The van der Waals surface area contributed by atoms with Crippen LogP contribution < -0.4 is 5.32 Å². The van der Waals surface area contributed by atoms with Crippen LogP contribution in [0.5, 0.6) is 0 Å². The van der Waals surface area contributed by atoms with Crippen molar-refractivity contribution >= 4 is 27.7 Å². The van der Waals surface area contributed by atoms with Gasteiger partial charge in [-0.25, -0.2) is 0 Å². The highest BCUT2D eigenvalue weighted by Crippen LogP contribution is 2.33. The number of benzene rings is 2. The largest absolute Gasteiger partial charge is 0.313 e. The molecule has 0 aliphatic rings. The first-order valence-corrected chi connectivity index (χ1v) is 7.62. The molecule has 0 atom stereocenters. The summed E-state index contributed by atoms with van der Waals surface area (Å²) >= 11 is 5.43. The Morgan fingerprint density at radius 3 is 2.56 bits per heavy atom. The summed E-state index contributed by atoms with van der Waals surface area (Å²) in [5.74, 6) is 0. The molecule has 0 aliphatic heterocycles. The van der Waals surface area contributed by atoms with E-state index in [1.165, 1.54) is 15.4 Å². The molecule has 0 fully saturated rings. The number of halogens is 1. The van der Waals surface area contributed by atoms with E-state index in [2.05, 4.69) is 70.6 Å². The predicted octanol–water partition coefficient (Wildman–Crippen LogP) is 4.71. The minimum Gasteiger partial charge on any atom is -0.313 e. The van der Waals surface area contributed by atoms with Crippen LogP contribution in [-0.2, 0) is 6.54 Å². The molecule has 0 aromatic heterocycles. The first-order valence-electron chi connectivity index (χ1n) is 6.01. The fourth-order valence-corrected chi connectivity index (χ4v) is 3.13. The number of hydrogen-bond acceptors (Lipinski definition) is 2. The van der Waals surface area contributed by atoms with Gasteiger partial charge in [0.25, 0.3) is 0 Å². The molecule has 1 nitrogen and oxygen atoms in total. The molecule has 0 amide bonds. The zero-order chi connectivity index (χ0) is 12.8. The molecule has 18 heavy (non-hydrogen) atoms. The Kier molecular flexibility index (Phi) is 5.29. The van der Waals surface area contributed by atoms with Crippen molar-refractivity contribution in [1.82, 2.24) is 5.32 Å². The Labute approximate surface area is 121 Å². The summed E-state index contributed by atoms with van der Waals surface area (Å²) in [5, 5.41) is 3.33. The lowest BCUT2D eigenvalue weighted by Gasteiger charge is -2.07. The van der Waals surface area contributed by atoms with Crippen molar-refractivity contribution in [3.63, 3.8) is 0 Å². The third kappa shape index (κ3) is 3.87. The van der Waals surface area contributed by atoms with Gasteiger partial charge in [0.2, 0.25) is 0 Å². The standard InChI is InChI=1S/C15H16BrNS/c1-2-17-11-12-8-9-15(14(16)10-12)18-13-6-4-3-5-7-13/h3-10,17H,2,11H2,1H3. The highest BCUT2D eigenvalue weighted by atomic mass is 79.9. The second-order valence-corrected chi connectivity index (χ2v) is 5.93. The Morgan fingerprint density at radius 2 is 1.89 bits per heavy atom. The monoisotopic (exact) mass is 321 g/mol. The smallest absolute Gasteiger partial charge is 0.0318 e. The minimum absolute atomic E-state index is 0.922. The van der Waals surface area contributed by atoms with Crippen molar-refractivity contribution in [1.29, 1.82) is 0 Å². The molecule has 0 unspecified atom stereocenters. The summed E-state index contributed by atoms with van der Waals surface area (Å²) in [6.07, 6.45) is 0. The van der Waals surface area contributed by atoms with E-state index in [0.717, 1.165) is 17.6 Å². The quantitative estimate of drug-likeness (QED) is 0.855. The summed E-state index contributed by atoms with van der Waals surface area (Å²) < 4.78 is 1.16. The van der Waals surface area contributed by atoms with E-state index in [-0.39, 0.29) is 0 Å². The fraction of sp³-hybridized carbons (Fsp3) is 0.200. The first-order chi connectivity index (χ1) is 8.79. The Morgan fingerprint density at radius 1 is 1.11 bits per heavy atom. The molecule has 2 aromatic carbocycles. The fourth-order valence-electron chi connectivity index (χ4n) is 1.62. The zero-order valence-electron chi connectivity index (χ0n) is 10.3. The van der Waals surface area contributed by atoms with E-state index in [0.29, 0.717) is 0 Å². The molecule has 0 saturated heterocycles. The molecule has 1 N–H and O–H groups in total. The molecule has 0 heterocycles. The highest BCUT2D eigenvalue weighted by molar-refractivity contribution is 9.10. The van der Waals surface area contributed by atoms with Crippen molar-refractivity contribution in [2.45, 2.75) is 23.3 Å². The third-order valence-electron chi connectivity index (χ3n) is 2.55. The lowest BCUT2D eigenvalue weighted by atomic mass is 10.2. The van der Waals surface area contributed by atoms with Gasteiger partial charge >= 0.3 is 0 Å². The van der Waals surface area contributed by atoms with Crippen LogP contribution in [0, 0.1) is 0 Å². The predicted molar refractivity (Wildman–Crippen MR) is 82.1 cm³/mol. The topological polar surface area (TPSA) is 12.0 Å². The summed E-state index contributed by atoms with van der Waals surface area (Å²) in [4.78, 5) is 2.51. The molecule has 2 aromatic rings. The van der Waals surface area contributed by atoms with Gasteiger partial charge < -0.3 is 5.32 Å². The molecule has 2 rings (SSSR count). The Balaban J connectivity index is 2.10. The second kappa shape index (κ2) is 6.98. The van der Waals surface area contributed by atoms with Crippen LogP contribution in [0.4, 0.5) is 0 Å². The molecule has 3 heteroatoms. The molecule has 0 radical (unpaired) electrons. The van der Waals surface area contributed by atoms with Gasteiger partial charge in [0.15, 0.2) is 0 Å². The van der Waals surface area contributed by atoms with Crippen LogP contribution in [-0.4, -0.2) is 6.54 Å². The van der Waals surface area contributed by atoms with E-state index in [9.17, 15) is 0 Å². The maximum absolute atomic E-state index is 3.65. The summed E-state index contributed by atoms with van der Waals surface area (Å²) in [6.45, 7) is 4.04. The van der Waals surface area contributed by atoms with Gasteiger partial charge in [0.1, 0.15) is 0 Å². The maximum Gasteiger partial charge on any atom is 0.0318 e. The van der Waals surface area contributed by atoms with Crippen molar-refractivity contribution in [3.8, 4) is 0 Å². The maximum atomic E-state index is 3.65. The van der Waals surface area contributed by atoms with Gasteiger partial charge in [-0.1, -0.05) is 43.0 Å². The van der Waals surface area contributed by atoms with Gasteiger partial charge in [-0.2, -0.15) is 0 Å². The van der Waals surface area contributed by atoms with Crippen LogP contribution in [0.1, 0.15) is 12.5 Å². The third-order valence-corrected chi connectivity index (χ3v) is 4.55. The molecule has 0 spiro atoms. The summed E-state index contributed by atoms with van der Waals surface area (Å²) in [5.41, 5.74) is 1.31. The SMILES string of the molecule is CCNCc1ccc(Sc2ccccc2)c(Br)c1. The van der Waals surface area contributed by atoms with E-state index in [1.54, 1.807) is 11.8 Å². The Hall–Kier alpha value is -0.770. The van der Waals surface area contributed by atoms with Crippen molar-refractivity contribution in [2.75, 3.05) is 6.54 Å². The molecule has 0 aliphatic carbocycles. The average Bonchev–Trinajstić information content (AvgIpc) is 2.40. The van der Waals surface area contributed by atoms with Crippen LogP contribution >= 0.6 is 27.7 Å². The van der Waals surface area contributed by atoms with E-state index < -0.39 is 0 Å². The molecule has 0 bridgehead atoms. The average molecular weight is 322 g/mol. The number of hydrogen-bond donors (Lipinski definition) is 1. The van der Waals surface area contributed by atoms with Gasteiger partial charge in [0, 0.05) is 20.8 Å². The van der Waals surface area contributed by atoms with E-state index >= 15 is 0 Å². The number of nitrogens with one attached hydrogen (secondary N) is 1. The lowest BCUT2D eigenvalue weighted by Crippen LogP contribution is -2.11. The minimum atomic E-state index is 0.922. The first kappa shape index (κ1) is 13.7. The van der Waals surface area contributed by atoms with Crippen LogP contribution in [0.15, 0.2) is 62.8 Å². The van der Waals surface area contributed by atoms with E-state index in [4.69, 9.17) is 0 Å².